The molecule has 0 aliphatic carbocycles. The number of carboxylic acid groups (broad SMARTS) is 1. The lowest BCUT2D eigenvalue weighted by atomic mass is 10.0. The molecular weight excluding hydrogens is 322 g/mol. The fraction of sp³-hybridized carbons (Fsp3) is 0.263. The quantitative estimate of drug-likeness (QED) is 0.840. The van der Waals surface area contributed by atoms with E-state index in [1.807, 2.05) is 42.5 Å². The van der Waals surface area contributed by atoms with Gasteiger partial charge in [-0.15, -0.1) is 0 Å². The maximum atomic E-state index is 12.5. The molecule has 0 spiro atoms. The second-order valence-electron chi connectivity index (χ2n) is 6.09. The first kappa shape index (κ1) is 16.6. The summed E-state index contributed by atoms with van der Waals surface area (Å²) in [6, 6.07) is 13.1. The van der Waals surface area contributed by atoms with E-state index in [9.17, 15) is 14.7 Å². The van der Waals surface area contributed by atoms with Crippen molar-refractivity contribution >= 4 is 40.9 Å². The Morgan fingerprint density at radius 2 is 1.96 bits per heavy atom. The highest BCUT2D eigenvalue weighted by Crippen LogP contribution is 2.29. The van der Waals surface area contributed by atoms with Gasteiger partial charge in [0.15, 0.2) is 0 Å². The Bertz CT molecular complexity index is 830. The summed E-state index contributed by atoms with van der Waals surface area (Å²) in [4.78, 5) is 25.4. The van der Waals surface area contributed by atoms with Crippen LogP contribution in [0, 0.1) is 5.92 Å². The van der Waals surface area contributed by atoms with Crippen molar-refractivity contribution in [3.8, 4) is 0 Å². The van der Waals surface area contributed by atoms with Crippen molar-refractivity contribution in [1.82, 2.24) is 4.90 Å². The van der Waals surface area contributed by atoms with Crippen molar-refractivity contribution < 1.29 is 14.7 Å². The molecule has 1 amide bonds. The molecule has 0 fully saturated rings. The lowest BCUT2D eigenvalue weighted by Gasteiger charge is -2.24. The van der Waals surface area contributed by atoms with Gasteiger partial charge in [-0.1, -0.05) is 43.3 Å². The molecule has 0 saturated heterocycles. The van der Waals surface area contributed by atoms with E-state index in [4.69, 9.17) is 0 Å². The number of thiol groups is 1. The van der Waals surface area contributed by atoms with Crippen LogP contribution < -0.4 is 0 Å². The maximum Gasteiger partial charge on any atom is 0.330 e. The molecule has 0 bridgehead atoms. The molecule has 2 atom stereocenters. The summed E-state index contributed by atoms with van der Waals surface area (Å²) < 4.78 is 0. The highest BCUT2D eigenvalue weighted by atomic mass is 32.1. The van der Waals surface area contributed by atoms with Gasteiger partial charge in [0.05, 0.1) is 0 Å². The zero-order valence-corrected chi connectivity index (χ0v) is 14.2. The Labute approximate surface area is 146 Å². The number of benzene rings is 2. The second kappa shape index (κ2) is 6.69. The molecule has 24 heavy (non-hydrogen) atoms. The van der Waals surface area contributed by atoms with Gasteiger partial charge >= 0.3 is 5.97 Å². The molecule has 0 aromatic heterocycles. The molecule has 2 aromatic rings. The van der Waals surface area contributed by atoms with Gasteiger partial charge < -0.3 is 10.0 Å². The lowest BCUT2D eigenvalue weighted by Crippen LogP contribution is -2.43. The van der Waals surface area contributed by atoms with E-state index in [0.29, 0.717) is 12.3 Å². The molecule has 5 heteroatoms. The van der Waals surface area contributed by atoms with Crippen molar-refractivity contribution in [2.24, 2.45) is 5.92 Å². The highest BCUT2D eigenvalue weighted by Gasteiger charge is 2.35. The molecule has 2 unspecified atom stereocenters. The summed E-state index contributed by atoms with van der Waals surface area (Å²) in [5.41, 5.74) is 1.82. The number of carbonyl (C=O) groups is 2. The molecule has 2 aromatic carbocycles. The highest BCUT2D eigenvalue weighted by molar-refractivity contribution is 7.80. The standard InChI is InChI=1S/C19H19NO3S/c1-12(11-24)18(21)20-10-16(9-17(20)19(22)23)15-7-6-13-4-2-3-5-14(13)8-15/h2-9,12,17,24H,10-11H2,1H3,(H,22,23). The number of fused-ring (bicyclic) bond motifs is 1. The predicted molar refractivity (Wildman–Crippen MR) is 98.1 cm³/mol. The van der Waals surface area contributed by atoms with Crippen molar-refractivity contribution in [2.75, 3.05) is 12.3 Å². The number of carbonyl (C=O) groups excluding carboxylic acids is 1. The van der Waals surface area contributed by atoms with Crippen molar-refractivity contribution in [2.45, 2.75) is 13.0 Å². The topological polar surface area (TPSA) is 57.6 Å². The van der Waals surface area contributed by atoms with Crippen molar-refractivity contribution in [3.05, 3.63) is 54.1 Å². The average Bonchev–Trinajstić information content (AvgIpc) is 3.05. The summed E-state index contributed by atoms with van der Waals surface area (Å²) in [6.07, 6.45) is 1.68. The van der Waals surface area contributed by atoms with E-state index < -0.39 is 12.0 Å². The number of hydrogen-bond acceptors (Lipinski definition) is 3. The first-order valence-electron chi connectivity index (χ1n) is 7.85. The largest absolute Gasteiger partial charge is 0.479 e. The normalized spacial score (nSPS) is 18.5. The predicted octanol–water partition coefficient (Wildman–Crippen LogP) is 3.08. The molecule has 4 nitrogen and oxygen atoms in total. The van der Waals surface area contributed by atoms with E-state index in [0.717, 1.165) is 21.9 Å². The minimum Gasteiger partial charge on any atom is -0.479 e. The molecule has 124 valence electrons. The van der Waals surface area contributed by atoms with Crippen LogP contribution >= 0.6 is 12.6 Å². The van der Waals surface area contributed by atoms with E-state index >= 15 is 0 Å². The van der Waals surface area contributed by atoms with Crippen LogP contribution in [0.25, 0.3) is 16.3 Å². The third-order valence-electron chi connectivity index (χ3n) is 4.39. The van der Waals surface area contributed by atoms with Gasteiger partial charge in [-0.25, -0.2) is 4.79 Å². The molecular formula is C19H19NO3S. The van der Waals surface area contributed by atoms with Crippen LogP contribution in [-0.4, -0.2) is 40.2 Å². The van der Waals surface area contributed by atoms with E-state index in [-0.39, 0.29) is 11.8 Å². The molecule has 1 N–H and O–H groups in total. The van der Waals surface area contributed by atoms with Gasteiger partial charge in [-0.3, -0.25) is 4.79 Å². The fourth-order valence-electron chi connectivity index (χ4n) is 2.97. The van der Waals surface area contributed by atoms with E-state index in [1.54, 1.807) is 13.0 Å². The number of rotatable bonds is 4. The van der Waals surface area contributed by atoms with Gasteiger partial charge in [-0.05, 0) is 34.1 Å². The molecule has 0 radical (unpaired) electrons. The van der Waals surface area contributed by atoms with E-state index in [1.165, 1.54) is 4.90 Å². The summed E-state index contributed by atoms with van der Waals surface area (Å²) in [5.74, 6) is -1.10. The number of aliphatic carboxylic acids is 1. The van der Waals surface area contributed by atoms with Crippen LogP contribution in [0.15, 0.2) is 48.5 Å². The number of nitrogens with zero attached hydrogens (tertiary/aromatic N) is 1. The summed E-state index contributed by atoms with van der Waals surface area (Å²) in [6.45, 7) is 2.08. The molecule has 1 heterocycles. The third kappa shape index (κ3) is 3.04. The van der Waals surface area contributed by atoms with Crippen molar-refractivity contribution in [1.29, 1.82) is 0 Å². The van der Waals surface area contributed by atoms with Gasteiger partial charge in [0, 0.05) is 18.2 Å². The van der Waals surface area contributed by atoms with Crippen LogP contribution in [0.5, 0.6) is 0 Å². The second-order valence-corrected chi connectivity index (χ2v) is 6.45. The Hall–Kier alpha value is -2.27. The zero-order chi connectivity index (χ0) is 17.3. The first-order chi connectivity index (χ1) is 11.5. The van der Waals surface area contributed by atoms with Crippen LogP contribution in [0.3, 0.4) is 0 Å². The Balaban J connectivity index is 1.94. The number of carboxylic acids is 1. The minimum absolute atomic E-state index is 0.176. The minimum atomic E-state index is -1.01. The van der Waals surface area contributed by atoms with Crippen LogP contribution in [0.1, 0.15) is 12.5 Å². The SMILES string of the molecule is CC(CS)C(=O)N1CC(c2ccc3ccccc3c2)=CC1C(=O)O. The number of hydrogen-bond donors (Lipinski definition) is 2. The third-order valence-corrected chi connectivity index (χ3v) is 4.94. The average molecular weight is 341 g/mol. The Morgan fingerprint density at radius 3 is 2.62 bits per heavy atom. The van der Waals surface area contributed by atoms with Gasteiger partial charge in [0.2, 0.25) is 5.91 Å². The summed E-state index contributed by atoms with van der Waals surface area (Å²) >= 11 is 4.15. The maximum absolute atomic E-state index is 12.5. The van der Waals surface area contributed by atoms with Gasteiger partial charge in [0.1, 0.15) is 6.04 Å². The first-order valence-corrected chi connectivity index (χ1v) is 8.48. The van der Waals surface area contributed by atoms with Crippen LogP contribution in [0.4, 0.5) is 0 Å². The Morgan fingerprint density at radius 1 is 1.25 bits per heavy atom. The lowest BCUT2D eigenvalue weighted by molar-refractivity contribution is -0.148. The Kier molecular flexibility index (Phi) is 4.62. The van der Waals surface area contributed by atoms with Crippen LogP contribution in [-0.2, 0) is 9.59 Å². The molecule has 1 aliphatic heterocycles. The van der Waals surface area contributed by atoms with E-state index in [2.05, 4.69) is 12.6 Å². The van der Waals surface area contributed by atoms with Crippen molar-refractivity contribution in [3.63, 3.8) is 0 Å². The monoisotopic (exact) mass is 341 g/mol. The van der Waals surface area contributed by atoms with Crippen LogP contribution in [0.2, 0.25) is 0 Å². The van der Waals surface area contributed by atoms with Gasteiger partial charge in [0.25, 0.3) is 0 Å². The zero-order valence-electron chi connectivity index (χ0n) is 13.3. The smallest absolute Gasteiger partial charge is 0.330 e. The molecule has 0 saturated carbocycles. The van der Waals surface area contributed by atoms with Gasteiger partial charge in [-0.2, -0.15) is 12.6 Å². The summed E-state index contributed by atoms with van der Waals surface area (Å²) in [7, 11) is 0. The fourth-order valence-corrected chi connectivity index (χ4v) is 3.13. The number of amides is 1. The molecule has 3 rings (SSSR count). The molecule has 1 aliphatic rings. The summed E-state index contributed by atoms with van der Waals surface area (Å²) in [5, 5.41) is 11.7.